The number of rotatable bonds is 4. The van der Waals surface area contributed by atoms with E-state index in [0.29, 0.717) is 31.9 Å². The Morgan fingerprint density at radius 2 is 2.00 bits per heavy atom. The number of sulfonamides is 1. The van der Waals surface area contributed by atoms with Gasteiger partial charge in [-0.3, -0.25) is 14.5 Å². The zero-order chi connectivity index (χ0) is 18.0. The van der Waals surface area contributed by atoms with Gasteiger partial charge >= 0.3 is 0 Å². The van der Waals surface area contributed by atoms with E-state index in [2.05, 4.69) is 9.71 Å². The van der Waals surface area contributed by atoms with Crippen molar-refractivity contribution >= 4 is 21.8 Å². The van der Waals surface area contributed by atoms with Crippen LogP contribution in [0.4, 0.5) is 0 Å². The minimum absolute atomic E-state index is 0.000103. The average molecular weight is 365 g/mol. The fourth-order valence-electron chi connectivity index (χ4n) is 2.99. The highest BCUT2D eigenvalue weighted by Gasteiger charge is 2.34. The predicted octanol–water partition coefficient (Wildman–Crippen LogP) is 0.999. The quantitative estimate of drug-likeness (QED) is 0.862. The lowest BCUT2D eigenvalue weighted by molar-refractivity contribution is -0.137. The molecule has 136 valence electrons. The van der Waals surface area contributed by atoms with Crippen LogP contribution in [0.5, 0.6) is 0 Å². The van der Waals surface area contributed by atoms with Crippen molar-refractivity contribution in [2.45, 2.75) is 31.2 Å². The maximum absolute atomic E-state index is 12.9. The monoisotopic (exact) mass is 365 g/mol. The zero-order valence-electron chi connectivity index (χ0n) is 14.4. The van der Waals surface area contributed by atoms with Gasteiger partial charge in [-0.15, -0.1) is 0 Å². The van der Waals surface area contributed by atoms with E-state index >= 15 is 0 Å². The van der Waals surface area contributed by atoms with Gasteiger partial charge in [-0.25, -0.2) is 8.42 Å². The number of aliphatic imine (C=N–C) groups is 1. The number of hydrogen-bond acceptors (Lipinski definition) is 5. The topological polar surface area (TPSA) is 88.1 Å². The molecule has 2 heterocycles. The third-order valence-electron chi connectivity index (χ3n) is 4.69. The van der Waals surface area contributed by atoms with Crippen molar-refractivity contribution in [1.29, 1.82) is 0 Å². The molecule has 2 aliphatic rings. The first kappa shape index (κ1) is 17.9. The highest BCUT2D eigenvalue weighted by molar-refractivity contribution is 7.90. The molecule has 0 aliphatic carbocycles. The number of fused-ring (bicyclic) bond motifs is 1. The minimum atomic E-state index is -3.61. The van der Waals surface area contributed by atoms with Crippen molar-refractivity contribution in [2.75, 3.05) is 26.3 Å². The fourth-order valence-corrected chi connectivity index (χ4v) is 4.23. The van der Waals surface area contributed by atoms with Crippen LogP contribution in [0.1, 0.15) is 25.8 Å². The molecule has 25 heavy (non-hydrogen) atoms. The van der Waals surface area contributed by atoms with Crippen molar-refractivity contribution in [3.8, 4) is 0 Å². The van der Waals surface area contributed by atoms with E-state index < -0.39 is 16.1 Å². The molecule has 2 aliphatic heterocycles. The number of carbonyl (C=O) groups excluding carboxylic acids is 1. The summed E-state index contributed by atoms with van der Waals surface area (Å²) >= 11 is 0. The fraction of sp³-hybridized carbons (Fsp3) is 0.529. The number of benzene rings is 1. The molecule has 0 unspecified atom stereocenters. The van der Waals surface area contributed by atoms with Crippen LogP contribution >= 0.6 is 0 Å². The van der Waals surface area contributed by atoms with Crippen molar-refractivity contribution in [3.63, 3.8) is 0 Å². The maximum Gasteiger partial charge on any atom is 0.263 e. The second kappa shape index (κ2) is 7.13. The zero-order valence-corrected chi connectivity index (χ0v) is 15.3. The SMILES string of the molecule is CC[C@H](C)[C@H](N=C1NS(=O)(=O)c2ccccc21)C(=O)N1CCOCC1. The normalized spacial score (nSPS) is 23.0. The molecule has 0 bridgehead atoms. The highest BCUT2D eigenvalue weighted by Crippen LogP contribution is 2.24. The van der Waals surface area contributed by atoms with Crippen LogP contribution in [-0.2, 0) is 19.6 Å². The number of nitrogens with one attached hydrogen (secondary N) is 1. The van der Waals surface area contributed by atoms with Crippen LogP contribution < -0.4 is 4.72 Å². The third-order valence-corrected chi connectivity index (χ3v) is 6.09. The Balaban J connectivity index is 1.95. The second-order valence-corrected chi connectivity index (χ2v) is 8.00. The predicted molar refractivity (Wildman–Crippen MR) is 93.9 cm³/mol. The van der Waals surface area contributed by atoms with E-state index in [-0.39, 0.29) is 22.6 Å². The Morgan fingerprint density at radius 1 is 1.32 bits per heavy atom. The van der Waals surface area contributed by atoms with Gasteiger partial charge in [0.15, 0.2) is 0 Å². The van der Waals surface area contributed by atoms with E-state index in [1.165, 1.54) is 0 Å². The summed E-state index contributed by atoms with van der Waals surface area (Å²) in [6.07, 6.45) is 0.770. The van der Waals surface area contributed by atoms with Gasteiger partial charge in [0.25, 0.3) is 10.0 Å². The lowest BCUT2D eigenvalue weighted by atomic mass is 9.98. The Bertz CT molecular complexity index is 785. The number of carbonyl (C=O) groups is 1. The molecule has 1 saturated heterocycles. The van der Waals surface area contributed by atoms with E-state index in [1.54, 1.807) is 29.2 Å². The van der Waals surface area contributed by atoms with Gasteiger partial charge in [-0.2, -0.15) is 0 Å². The first-order chi connectivity index (χ1) is 11.9. The molecular formula is C17H23N3O4S. The Morgan fingerprint density at radius 3 is 2.68 bits per heavy atom. The van der Waals surface area contributed by atoms with E-state index in [9.17, 15) is 13.2 Å². The summed E-state index contributed by atoms with van der Waals surface area (Å²) in [5, 5.41) is 0. The first-order valence-electron chi connectivity index (χ1n) is 8.50. The van der Waals surface area contributed by atoms with E-state index in [4.69, 9.17) is 4.74 Å². The number of amidine groups is 1. The molecule has 1 N–H and O–H groups in total. The second-order valence-electron chi connectivity index (χ2n) is 6.35. The third kappa shape index (κ3) is 3.55. The van der Waals surface area contributed by atoms with Crippen molar-refractivity contribution < 1.29 is 17.9 Å². The number of nitrogens with zero attached hydrogens (tertiary/aromatic N) is 2. The molecule has 0 saturated carbocycles. The number of hydrogen-bond donors (Lipinski definition) is 1. The van der Waals surface area contributed by atoms with Crippen molar-refractivity contribution in [3.05, 3.63) is 29.8 Å². The van der Waals surface area contributed by atoms with Crippen LogP contribution in [0.2, 0.25) is 0 Å². The summed E-state index contributed by atoms with van der Waals surface area (Å²) in [5.41, 5.74) is 0.519. The van der Waals surface area contributed by atoms with Gasteiger partial charge < -0.3 is 9.64 Å². The lowest BCUT2D eigenvalue weighted by Crippen LogP contribution is -2.47. The molecule has 8 heteroatoms. The molecule has 7 nitrogen and oxygen atoms in total. The first-order valence-corrected chi connectivity index (χ1v) is 9.99. The van der Waals surface area contributed by atoms with Gasteiger partial charge in [0.1, 0.15) is 11.9 Å². The summed E-state index contributed by atoms with van der Waals surface area (Å²) in [4.78, 5) is 19.5. The number of ether oxygens (including phenoxy) is 1. The van der Waals surface area contributed by atoms with Crippen LogP contribution in [0, 0.1) is 5.92 Å². The van der Waals surface area contributed by atoms with Crippen LogP contribution in [0.25, 0.3) is 0 Å². The molecule has 1 aromatic rings. The summed E-state index contributed by atoms with van der Waals surface area (Å²) in [5.74, 6) is 0.177. The van der Waals surface area contributed by atoms with Crippen LogP contribution in [0.15, 0.2) is 34.2 Å². The molecule has 1 aromatic carbocycles. The molecule has 0 spiro atoms. The molecule has 1 fully saturated rings. The smallest absolute Gasteiger partial charge is 0.263 e. The van der Waals surface area contributed by atoms with Gasteiger partial charge in [0, 0.05) is 18.7 Å². The summed E-state index contributed by atoms with van der Waals surface area (Å²) in [6.45, 7) is 6.08. The van der Waals surface area contributed by atoms with Gasteiger partial charge in [-0.05, 0) is 18.1 Å². The summed E-state index contributed by atoms with van der Waals surface area (Å²) < 4.78 is 32.3. The molecule has 0 aromatic heterocycles. The highest BCUT2D eigenvalue weighted by atomic mass is 32.2. The van der Waals surface area contributed by atoms with E-state index in [1.807, 2.05) is 13.8 Å². The molecule has 3 rings (SSSR count). The van der Waals surface area contributed by atoms with E-state index in [0.717, 1.165) is 6.42 Å². The molecular weight excluding hydrogens is 342 g/mol. The number of amides is 1. The van der Waals surface area contributed by atoms with Gasteiger partial charge in [0.2, 0.25) is 5.91 Å². The Labute approximate surface area is 148 Å². The lowest BCUT2D eigenvalue weighted by Gasteiger charge is -2.31. The van der Waals surface area contributed by atoms with Gasteiger partial charge in [-0.1, -0.05) is 32.4 Å². The molecule has 1 amide bonds. The molecule has 0 radical (unpaired) electrons. The van der Waals surface area contributed by atoms with Crippen molar-refractivity contribution in [1.82, 2.24) is 9.62 Å². The largest absolute Gasteiger partial charge is 0.378 e. The Hall–Kier alpha value is -1.93. The average Bonchev–Trinajstić information content (AvgIpc) is 2.90. The van der Waals surface area contributed by atoms with Crippen LogP contribution in [-0.4, -0.2) is 57.4 Å². The van der Waals surface area contributed by atoms with Crippen molar-refractivity contribution in [2.24, 2.45) is 10.9 Å². The van der Waals surface area contributed by atoms with Gasteiger partial charge in [0.05, 0.1) is 18.1 Å². The Kier molecular flexibility index (Phi) is 5.10. The minimum Gasteiger partial charge on any atom is -0.378 e. The van der Waals surface area contributed by atoms with Crippen LogP contribution in [0.3, 0.4) is 0 Å². The standard InChI is InChI=1S/C17H23N3O4S/c1-3-12(2)15(17(21)20-8-10-24-11-9-20)18-16-13-6-4-5-7-14(13)25(22,23)19-16/h4-7,12,15H,3,8-11H2,1-2H3,(H,18,19)/t12-,15-/m0/s1. The summed E-state index contributed by atoms with van der Waals surface area (Å²) in [7, 11) is -3.61. The molecule has 2 atom stereocenters. The number of morpholine rings is 1. The maximum atomic E-state index is 12.9. The summed E-state index contributed by atoms with van der Waals surface area (Å²) in [6, 6.07) is 6.07.